The van der Waals surface area contributed by atoms with Crippen molar-refractivity contribution >= 4 is 33.3 Å². The first-order chi connectivity index (χ1) is 12.3. The largest absolute Gasteiger partial charge is 0.493 e. The molecule has 3 heterocycles. The van der Waals surface area contributed by atoms with Crippen LogP contribution in [0.25, 0.3) is 11.0 Å². The Balaban J connectivity index is 1.45. The number of furan rings is 1. The van der Waals surface area contributed by atoms with Crippen molar-refractivity contribution in [1.29, 1.82) is 0 Å². The van der Waals surface area contributed by atoms with E-state index in [2.05, 4.69) is 15.2 Å². The van der Waals surface area contributed by atoms with E-state index in [1.54, 1.807) is 24.5 Å². The lowest BCUT2D eigenvalue weighted by Gasteiger charge is -2.23. The number of para-hydroxylation sites is 1. The summed E-state index contributed by atoms with van der Waals surface area (Å²) in [6, 6.07) is 7.62. The van der Waals surface area contributed by atoms with Gasteiger partial charge in [0.2, 0.25) is 0 Å². The Kier molecular flexibility index (Phi) is 4.31. The van der Waals surface area contributed by atoms with Gasteiger partial charge in [-0.1, -0.05) is 12.1 Å². The molecule has 1 atom stereocenters. The molecule has 1 aliphatic heterocycles. The van der Waals surface area contributed by atoms with E-state index in [1.165, 1.54) is 0 Å². The predicted octanol–water partition coefficient (Wildman–Crippen LogP) is 3.30. The number of anilines is 1. The van der Waals surface area contributed by atoms with Gasteiger partial charge >= 0.3 is 0 Å². The minimum absolute atomic E-state index is 0.204. The second kappa shape index (κ2) is 6.76. The summed E-state index contributed by atoms with van der Waals surface area (Å²) in [7, 11) is 1.59. The van der Waals surface area contributed by atoms with Gasteiger partial charge in [-0.3, -0.25) is 4.79 Å². The summed E-state index contributed by atoms with van der Waals surface area (Å²) in [6.45, 7) is 1.56. The third-order valence-electron chi connectivity index (χ3n) is 4.49. The smallest absolute Gasteiger partial charge is 0.287 e. The maximum absolute atomic E-state index is 12.5. The standard InChI is InChI=1S/C18H19N3O3S/c1-23-14-6-2-4-12-10-15(24-16(12)14)17(22)20-11-13-5-3-8-21(13)18-19-7-9-25-18/h2,4,6-7,9-10,13H,3,5,8,11H2,1H3,(H,20,22). The summed E-state index contributed by atoms with van der Waals surface area (Å²) >= 11 is 1.63. The van der Waals surface area contributed by atoms with Crippen molar-refractivity contribution < 1.29 is 13.9 Å². The van der Waals surface area contributed by atoms with Gasteiger partial charge < -0.3 is 19.4 Å². The molecule has 130 valence electrons. The molecule has 0 bridgehead atoms. The van der Waals surface area contributed by atoms with Gasteiger partial charge in [0.05, 0.1) is 7.11 Å². The number of fused-ring (bicyclic) bond motifs is 1. The molecule has 0 spiro atoms. The molecule has 4 rings (SSSR count). The van der Waals surface area contributed by atoms with Crippen LogP contribution >= 0.6 is 11.3 Å². The van der Waals surface area contributed by atoms with Crippen molar-refractivity contribution in [1.82, 2.24) is 10.3 Å². The monoisotopic (exact) mass is 357 g/mol. The molecule has 1 saturated heterocycles. The molecular formula is C18H19N3O3S. The van der Waals surface area contributed by atoms with Crippen LogP contribution in [0.5, 0.6) is 5.75 Å². The molecule has 7 heteroatoms. The third-order valence-corrected chi connectivity index (χ3v) is 5.30. The fourth-order valence-corrected chi connectivity index (χ4v) is 4.01. The maximum atomic E-state index is 12.5. The number of nitrogens with one attached hydrogen (secondary N) is 1. The van der Waals surface area contributed by atoms with Crippen LogP contribution in [0.15, 0.2) is 40.3 Å². The van der Waals surface area contributed by atoms with Crippen LogP contribution in [-0.4, -0.2) is 37.1 Å². The third kappa shape index (κ3) is 3.07. The molecular weight excluding hydrogens is 338 g/mol. The summed E-state index contributed by atoms with van der Waals surface area (Å²) in [6.07, 6.45) is 3.98. The maximum Gasteiger partial charge on any atom is 0.287 e. The molecule has 0 saturated carbocycles. The number of amides is 1. The Hall–Kier alpha value is -2.54. The molecule has 1 aliphatic rings. The summed E-state index contributed by atoms with van der Waals surface area (Å²) in [4.78, 5) is 19.1. The number of rotatable bonds is 5. The van der Waals surface area contributed by atoms with Crippen LogP contribution in [0, 0.1) is 0 Å². The van der Waals surface area contributed by atoms with Gasteiger partial charge in [-0.25, -0.2) is 4.98 Å². The molecule has 1 N–H and O–H groups in total. The molecule has 25 heavy (non-hydrogen) atoms. The fourth-order valence-electron chi connectivity index (χ4n) is 3.26. The van der Waals surface area contributed by atoms with Crippen LogP contribution in [0.4, 0.5) is 5.13 Å². The number of carbonyl (C=O) groups is 1. The molecule has 1 aromatic carbocycles. The number of ether oxygens (including phenoxy) is 1. The Morgan fingerprint density at radius 2 is 2.44 bits per heavy atom. The fraction of sp³-hybridized carbons (Fsp3) is 0.333. The minimum Gasteiger partial charge on any atom is -0.493 e. The van der Waals surface area contributed by atoms with E-state index in [9.17, 15) is 4.79 Å². The average Bonchev–Trinajstić information content (AvgIpc) is 3.38. The quantitative estimate of drug-likeness (QED) is 0.759. The van der Waals surface area contributed by atoms with Gasteiger partial charge in [0.15, 0.2) is 22.2 Å². The van der Waals surface area contributed by atoms with Gasteiger partial charge in [0, 0.05) is 36.1 Å². The van der Waals surface area contributed by atoms with Gasteiger partial charge in [0.25, 0.3) is 5.91 Å². The number of hydrogen-bond donors (Lipinski definition) is 1. The molecule has 1 unspecified atom stereocenters. The first-order valence-electron chi connectivity index (χ1n) is 8.27. The second-order valence-corrected chi connectivity index (χ2v) is 6.88. The molecule has 6 nitrogen and oxygen atoms in total. The van der Waals surface area contributed by atoms with Crippen LogP contribution in [0.3, 0.4) is 0 Å². The van der Waals surface area contributed by atoms with E-state index in [-0.39, 0.29) is 11.9 Å². The van der Waals surface area contributed by atoms with Crippen LogP contribution in [0.2, 0.25) is 0 Å². The minimum atomic E-state index is -0.204. The Morgan fingerprint density at radius 3 is 3.24 bits per heavy atom. The molecule has 3 aromatic rings. The van der Waals surface area contributed by atoms with Gasteiger partial charge in [-0.2, -0.15) is 0 Å². The topological polar surface area (TPSA) is 67.6 Å². The normalized spacial score (nSPS) is 17.2. The molecule has 0 aliphatic carbocycles. The number of hydrogen-bond acceptors (Lipinski definition) is 6. The van der Waals surface area contributed by atoms with Crippen molar-refractivity contribution in [2.24, 2.45) is 0 Å². The lowest BCUT2D eigenvalue weighted by molar-refractivity contribution is 0.0925. The Labute approximate surface area is 149 Å². The molecule has 2 aromatic heterocycles. The summed E-state index contributed by atoms with van der Waals surface area (Å²) in [5.74, 6) is 0.727. The highest BCUT2D eigenvalue weighted by Crippen LogP contribution is 2.29. The summed E-state index contributed by atoms with van der Waals surface area (Å²) in [5.41, 5.74) is 0.598. The highest BCUT2D eigenvalue weighted by Gasteiger charge is 2.27. The average molecular weight is 357 g/mol. The van der Waals surface area contributed by atoms with Crippen molar-refractivity contribution in [3.63, 3.8) is 0 Å². The number of nitrogens with zero attached hydrogens (tertiary/aromatic N) is 2. The van der Waals surface area contributed by atoms with Crippen LogP contribution in [-0.2, 0) is 0 Å². The van der Waals surface area contributed by atoms with Crippen molar-refractivity contribution in [3.05, 3.63) is 41.6 Å². The van der Waals surface area contributed by atoms with E-state index in [4.69, 9.17) is 9.15 Å². The zero-order chi connectivity index (χ0) is 17.2. The van der Waals surface area contributed by atoms with Crippen molar-refractivity contribution in [3.8, 4) is 5.75 Å². The number of thiazole rings is 1. The highest BCUT2D eigenvalue weighted by molar-refractivity contribution is 7.13. The van der Waals surface area contributed by atoms with Crippen molar-refractivity contribution in [2.75, 3.05) is 25.1 Å². The van der Waals surface area contributed by atoms with E-state index in [0.29, 0.717) is 23.6 Å². The summed E-state index contributed by atoms with van der Waals surface area (Å²) in [5, 5.41) is 6.85. The van der Waals surface area contributed by atoms with E-state index in [1.807, 2.05) is 29.8 Å². The molecule has 0 radical (unpaired) electrons. The SMILES string of the molecule is COc1cccc2cc(C(=O)NCC3CCCN3c3nccs3)oc12. The van der Waals surface area contributed by atoms with Gasteiger partial charge in [0.1, 0.15) is 0 Å². The zero-order valence-corrected chi connectivity index (χ0v) is 14.7. The number of aromatic nitrogens is 1. The Bertz CT molecular complexity index is 875. The van der Waals surface area contributed by atoms with E-state index >= 15 is 0 Å². The highest BCUT2D eigenvalue weighted by atomic mass is 32.1. The first-order valence-corrected chi connectivity index (χ1v) is 9.15. The number of carbonyl (C=O) groups excluding carboxylic acids is 1. The van der Waals surface area contributed by atoms with Gasteiger partial charge in [-0.05, 0) is 25.0 Å². The summed E-state index contributed by atoms with van der Waals surface area (Å²) < 4.78 is 11.0. The number of benzene rings is 1. The van der Waals surface area contributed by atoms with Crippen molar-refractivity contribution in [2.45, 2.75) is 18.9 Å². The first kappa shape index (κ1) is 16.0. The second-order valence-electron chi connectivity index (χ2n) is 6.00. The lowest BCUT2D eigenvalue weighted by Crippen LogP contribution is -2.40. The number of methoxy groups -OCH3 is 1. The van der Waals surface area contributed by atoms with Gasteiger partial charge in [-0.15, -0.1) is 11.3 Å². The molecule has 1 amide bonds. The lowest BCUT2D eigenvalue weighted by atomic mass is 10.2. The predicted molar refractivity (Wildman–Crippen MR) is 97.6 cm³/mol. The van der Waals surface area contributed by atoms with Crippen LogP contribution < -0.4 is 15.0 Å². The zero-order valence-electron chi connectivity index (χ0n) is 13.9. The van der Waals surface area contributed by atoms with E-state index in [0.717, 1.165) is 29.9 Å². The van der Waals surface area contributed by atoms with E-state index < -0.39 is 0 Å². The van der Waals surface area contributed by atoms with Crippen LogP contribution in [0.1, 0.15) is 23.4 Å². The molecule has 1 fully saturated rings. The Morgan fingerprint density at radius 1 is 1.52 bits per heavy atom.